The van der Waals surface area contributed by atoms with Crippen LogP contribution in [0.15, 0.2) is 30.3 Å². The number of pyridine rings is 1. The van der Waals surface area contributed by atoms with Crippen molar-refractivity contribution in [3.05, 3.63) is 52.3 Å². The Bertz CT molecular complexity index is 641. The van der Waals surface area contributed by atoms with Crippen molar-refractivity contribution in [2.24, 2.45) is 0 Å². The van der Waals surface area contributed by atoms with Crippen LogP contribution in [-0.2, 0) is 0 Å². The highest BCUT2D eigenvalue weighted by molar-refractivity contribution is 6.32. The van der Waals surface area contributed by atoms with Crippen LogP contribution in [0.3, 0.4) is 0 Å². The lowest BCUT2D eigenvalue weighted by Crippen LogP contribution is -2.06. The summed E-state index contributed by atoms with van der Waals surface area (Å²) in [6, 6.07) is 8.48. The molecule has 1 heterocycles. The van der Waals surface area contributed by atoms with E-state index in [1.54, 1.807) is 44.2 Å². The molecule has 4 nitrogen and oxygen atoms in total. The quantitative estimate of drug-likeness (QED) is 0.926. The van der Waals surface area contributed by atoms with Gasteiger partial charge in [0.2, 0.25) is 0 Å². The molecule has 0 aliphatic rings. The molecule has 0 radical (unpaired) electrons. The van der Waals surface area contributed by atoms with Crippen molar-refractivity contribution >= 4 is 17.6 Å². The zero-order valence-electron chi connectivity index (χ0n) is 10.5. The van der Waals surface area contributed by atoms with E-state index in [-0.39, 0.29) is 11.3 Å². The smallest absolute Gasteiger partial charge is 0.341 e. The van der Waals surface area contributed by atoms with Crippen LogP contribution in [0.1, 0.15) is 21.7 Å². The van der Waals surface area contributed by atoms with Crippen molar-refractivity contribution in [1.29, 1.82) is 0 Å². The highest BCUT2D eigenvalue weighted by atomic mass is 35.5. The number of aromatic carboxylic acids is 1. The van der Waals surface area contributed by atoms with Crippen molar-refractivity contribution in [2.75, 3.05) is 0 Å². The third-order valence-electron chi connectivity index (χ3n) is 2.56. The first kappa shape index (κ1) is 13.4. The van der Waals surface area contributed by atoms with Crippen LogP contribution in [0.2, 0.25) is 5.02 Å². The van der Waals surface area contributed by atoms with Gasteiger partial charge in [0.25, 0.3) is 0 Å². The van der Waals surface area contributed by atoms with Gasteiger partial charge in [0.15, 0.2) is 0 Å². The lowest BCUT2D eigenvalue weighted by Gasteiger charge is -2.12. The van der Waals surface area contributed by atoms with E-state index in [0.29, 0.717) is 22.2 Å². The van der Waals surface area contributed by atoms with Crippen LogP contribution in [0.4, 0.5) is 0 Å². The van der Waals surface area contributed by atoms with Gasteiger partial charge in [-0.25, -0.2) is 4.79 Å². The maximum Gasteiger partial charge on any atom is 0.341 e. The van der Waals surface area contributed by atoms with Gasteiger partial charge in [0.1, 0.15) is 17.1 Å². The van der Waals surface area contributed by atoms with Crippen LogP contribution in [-0.4, -0.2) is 16.1 Å². The third kappa shape index (κ3) is 2.85. The zero-order valence-corrected chi connectivity index (χ0v) is 11.2. The minimum Gasteiger partial charge on any atom is -0.477 e. The van der Waals surface area contributed by atoms with Gasteiger partial charge in [-0.15, -0.1) is 0 Å². The van der Waals surface area contributed by atoms with Crippen LogP contribution in [0.5, 0.6) is 11.5 Å². The molecule has 0 spiro atoms. The fraction of sp³-hybridized carbons (Fsp3) is 0.143. The number of aryl methyl sites for hydroxylation is 2. The first-order chi connectivity index (χ1) is 8.99. The number of hydrogen-bond donors (Lipinski definition) is 1. The molecule has 98 valence electrons. The normalized spacial score (nSPS) is 10.3. The number of carboxylic acids is 1. The van der Waals surface area contributed by atoms with Crippen molar-refractivity contribution in [2.45, 2.75) is 13.8 Å². The molecule has 0 aliphatic carbocycles. The summed E-state index contributed by atoms with van der Waals surface area (Å²) in [4.78, 5) is 15.4. The molecule has 1 N–H and O–H groups in total. The molecule has 5 heteroatoms. The molecule has 2 rings (SSSR count). The van der Waals surface area contributed by atoms with E-state index in [1.807, 2.05) is 0 Å². The monoisotopic (exact) mass is 277 g/mol. The van der Waals surface area contributed by atoms with E-state index in [1.165, 1.54) is 0 Å². The van der Waals surface area contributed by atoms with Gasteiger partial charge in [-0.2, -0.15) is 0 Å². The van der Waals surface area contributed by atoms with Crippen LogP contribution in [0.25, 0.3) is 0 Å². The van der Waals surface area contributed by atoms with E-state index in [0.717, 1.165) is 0 Å². The Morgan fingerprint density at radius 2 is 1.95 bits per heavy atom. The van der Waals surface area contributed by atoms with Crippen molar-refractivity contribution in [1.82, 2.24) is 4.98 Å². The maximum absolute atomic E-state index is 11.3. The van der Waals surface area contributed by atoms with Crippen molar-refractivity contribution < 1.29 is 14.6 Å². The zero-order chi connectivity index (χ0) is 14.0. The Morgan fingerprint density at radius 3 is 2.58 bits per heavy atom. The van der Waals surface area contributed by atoms with Crippen molar-refractivity contribution in [3.63, 3.8) is 0 Å². The molecule has 0 fully saturated rings. The summed E-state index contributed by atoms with van der Waals surface area (Å²) in [5, 5.41) is 9.65. The topological polar surface area (TPSA) is 59.4 Å². The molecule has 1 aromatic heterocycles. The molecular formula is C14H12ClNO3. The third-order valence-corrected chi connectivity index (χ3v) is 2.87. The molecular weight excluding hydrogens is 266 g/mol. The highest BCUT2D eigenvalue weighted by Crippen LogP contribution is 2.32. The van der Waals surface area contributed by atoms with Crippen LogP contribution < -0.4 is 4.74 Å². The predicted molar refractivity (Wildman–Crippen MR) is 72.2 cm³/mol. The summed E-state index contributed by atoms with van der Waals surface area (Å²) < 4.78 is 5.61. The molecule has 0 amide bonds. The lowest BCUT2D eigenvalue weighted by atomic mass is 10.1. The first-order valence-corrected chi connectivity index (χ1v) is 6.00. The summed E-state index contributed by atoms with van der Waals surface area (Å²) in [5.74, 6) is -0.422. The largest absolute Gasteiger partial charge is 0.477 e. The summed E-state index contributed by atoms with van der Waals surface area (Å²) in [7, 11) is 0. The Balaban J connectivity index is 2.51. The van der Waals surface area contributed by atoms with Gasteiger partial charge in [0, 0.05) is 11.8 Å². The molecule has 0 atom stereocenters. The molecule has 2 aromatic rings. The van der Waals surface area contributed by atoms with Crippen LogP contribution in [0, 0.1) is 13.8 Å². The standard InChI is InChI=1S/C14H12ClNO3/c1-8-7-12(13(14(17)18)9(2)16-8)19-11-6-4-3-5-10(11)15/h3-7H,1-2H3,(H,17,18). The second-order valence-electron chi connectivity index (χ2n) is 4.06. The number of carboxylic acid groups (broad SMARTS) is 1. The van der Waals surface area contributed by atoms with Gasteiger partial charge >= 0.3 is 5.97 Å². The van der Waals surface area contributed by atoms with E-state index in [9.17, 15) is 9.90 Å². The van der Waals surface area contributed by atoms with E-state index in [2.05, 4.69) is 4.98 Å². The van der Waals surface area contributed by atoms with Crippen molar-refractivity contribution in [3.8, 4) is 11.5 Å². The number of ether oxygens (including phenoxy) is 1. The Kier molecular flexibility index (Phi) is 3.71. The first-order valence-electron chi connectivity index (χ1n) is 5.63. The number of nitrogens with zero attached hydrogens (tertiary/aromatic N) is 1. The van der Waals surface area contributed by atoms with E-state index in [4.69, 9.17) is 16.3 Å². The number of hydrogen-bond acceptors (Lipinski definition) is 3. The number of carbonyl (C=O) groups is 1. The maximum atomic E-state index is 11.3. The van der Waals surface area contributed by atoms with Gasteiger partial charge in [-0.1, -0.05) is 23.7 Å². The number of para-hydroxylation sites is 1. The summed E-state index contributed by atoms with van der Waals surface area (Å²) >= 11 is 6.00. The summed E-state index contributed by atoms with van der Waals surface area (Å²) in [6.07, 6.45) is 0. The molecule has 19 heavy (non-hydrogen) atoms. The highest BCUT2D eigenvalue weighted by Gasteiger charge is 2.18. The van der Waals surface area contributed by atoms with Gasteiger partial charge < -0.3 is 9.84 Å². The molecule has 0 saturated heterocycles. The van der Waals surface area contributed by atoms with E-state index >= 15 is 0 Å². The molecule has 0 bridgehead atoms. The number of halogens is 1. The predicted octanol–water partition coefficient (Wildman–Crippen LogP) is 3.84. The average Bonchev–Trinajstić information content (AvgIpc) is 2.30. The minimum absolute atomic E-state index is 0.0468. The number of rotatable bonds is 3. The fourth-order valence-corrected chi connectivity index (χ4v) is 1.95. The molecule has 0 aliphatic heterocycles. The van der Waals surface area contributed by atoms with Crippen LogP contribution >= 0.6 is 11.6 Å². The molecule has 0 saturated carbocycles. The Labute approximate surface area is 115 Å². The lowest BCUT2D eigenvalue weighted by molar-refractivity contribution is 0.0693. The Hall–Kier alpha value is -2.07. The average molecular weight is 278 g/mol. The van der Waals surface area contributed by atoms with Gasteiger partial charge in [0.05, 0.1) is 10.7 Å². The van der Waals surface area contributed by atoms with Gasteiger partial charge in [-0.05, 0) is 26.0 Å². The molecule has 0 unspecified atom stereocenters. The van der Waals surface area contributed by atoms with E-state index < -0.39 is 5.97 Å². The SMILES string of the molecule is Cc1cc(Oc2ccccc2Cl)c(C(=O)O)c(C)n1. The summed E-state index contributed by atoms with van der Waals surface area (Å²) in [6.45, 7) is 3.41. The number of aromatic nitrogens is 1. The molecule has 1 aromatic carbocycles. The second-order valence-corrected chi connectivity index (χ2v) is 4.47. The minimum atomic E-state index is -1.08. The fourth-order valence-electron chi connectivity index (χ4n) is 1.78. The Morgan fingerprint density at radius 1 is 1.26 bits per heavy atom. The number of benzene rings is 1. The second kappa shape index (κ2) is 5.28. The van der Waals surface area contributed by atoms with Gasteiger partial charge in [-0.3, -0.25) is 4.98 Å². The summed E-state index contributed by atoms with van der Waals surface area (Å²) in [5.41, 5.74) is 1.14.